The number of rotatable bonds is 7. The predicted molar refractivity (Wildman–Crippen MR) is 107 cm³/mol. The molecule has 25 heavy (non-hydrogen) atoms. The van der Waals surface area contributed by atoms with Gasteiger partial charge in [0.1, 0.15) is 0 Å². The van der Waals surface area contributed by atoms with Crippen molar-refractivity contribution in [3.8, 4) is 0 Å². The molecule has 0 radical (unpaired) electrons. The van der Waals surface area contributed by atoms with Crippen LogP contribution >= 0.6 is 35.6 Å². The van der Waals surface area contributed by atoms with Crippen molar-refractivity contribution in [2.75, 3.05) is 19.0 Å². The van der Waals surface area contributed by atoms with Crippen molar-refractivity contribution in [3.63, 3.8) is 0 Å². The number of para-hydroxylation sites is 1. The van der Waals surface area contributed by atoms with Crippen LogP contribution in [0.25, 0.3) is 0 Å². The number of esters is 1. The Labute approximate surface area is 162 Å². The van der Waals surface area contributed by atoms with E-state index in [9.17, 15) is 4.79 Å². The maximum absolute atomic E-state index is 11.1. The second-order valence-corrected chi connectivity index (χ2v) is 7.07. The van der Waals surface area contributed by atoms with Crippen molar-refractivity contribution >= 4 is 52.3 Å². The molecular formula is C18H19ClN2O2S2. The maximum Gasteiger partial charge on any atom is 0.305 e. The second kappa shape index (κ2) is 10.3. The van der Waals surface area contributed by atoms with Crippen LogP contribution in [0.2, 0.25) is 5.02 Å². The third kappa shape index (κ3) is 6.94. The van der Waals surface area contributed by atoms with Crippen LogP contribution in [0.4, 0.5) is 5.69 Å². The molecule has 0 amide bonds. The topological polar surface area (TPSA) is 50.4 Å². The van der Waals surface area contributed by atoms with Gasteiger partial charge in [0.25, 0.3) is 0 Å². The molecule has 0 aliphatic heterocycles. The standard InChI is InChI=1S/C18H19ClN2O2S2/c1-23-17(22)7-4-12-20-18(24)21-15-5-2-3-6-16(15)25-14-10-8-13(19)9-11-14/h2-3,5-6,8-11H,4,7,12H2,1H3,(H2,20,21,24). The van der Waals surface area contributed by atoms with E-state index in [2.05, 4.69) is 15.4 Å². The predicted octanol–water partition coefficient (Wildman–Crippen LogP) is 4.73. The van der Waals surface area contributed by atoms with Gasteiger partial charge < -0.3 is 15.4 Å². The van der Waals surface area contributed by atoms with Crippen LogP contribution in [-0.4, -0.2) is 24.7 Å². The number of carbonyl (C=O) groups excluding carboxylic acids is 1. The molecule has 0 heterocycles. The van der Waals surface area contributed by atoms with Gasteiger partial charge in [-0.1, -0.05) is 35.5 Å². The van der Waals surface area contributed by atoms with E-state index < -0.39 is 0 Å². The summed E-state index contributed by atoms with van der Waals surface area (Å²) in [4.78, 5) is 13.2. The number of anilines is 1. The Kier molecular flexibility index (Phi) is 8.04. The first-order valence-corrected chi connectivity index (χ1v) is 9.33. The highest BCUT2D eigenvalue weighted by atomic mass is 35.5. The summed E-state index contributed by atoms with van der Waals surface area (Å²) in [5.74, 6) is -0.217. The van der Waals surface area contributed by atoms with Crippen molar-refractivity contribution in [1.29, 1.82) is 0 Å². The van der Waals surface area contributed by atoms with Crippen LogP contribution < -0.4 is 10.6 Å². The monoisotopic (exact) mass is 394 g/mol. The van der Waals surface area contributed by atoms with Crippen molar-refractivity contribution < 1.29 is 9.53 Å². The van der Waals surface area contributed by atoms with Crippen molar-refractivity contribution in [3.05, 3.63) is 53.6 Å². The minimum absolute atomic E-state index is 0.217. The Bertz CT molecular complexity index is 723. The highest BCUT2D eigenvalue weighted by Crippen LogP contribution is 2.33. The molecule has 2 rings (SSSR count). The van der Waals surface area contributed by atoms with Gasteiger partial charge in [0.15, 0.2) is 5.11 Å². The van der Waals surface area contributed by atoms with Crippen molar-refractivity contribution in [2.24, 2.45) is 0 Å². The quantitative estimate of drug-likeness (QED) is 0.402. The minimum atomic E-state index is -0.217. The molecule has 0 saturated carbocycles. The van der Waals surface area contributed by atoms with Gasteiger partial charge in [-0.15, -0.1) is 0 Å². The molecule has 132 valence electrons. The van der Waals surface area contributed by atoms with E-state index in [1.807, 2.05) is 48.5 Å². The lowest BCUT2D eigenvalue weighted by Crippen LogP contribution is -2.29. The Morgan fingerprint density at radius 3 is 2.64 bits per heavy atom. The number of carbonyl (C=O) groups is 1. The van der Waals surface area contributed by atoms with Crippen LogP contribution in [0, 0.1) is 0 Å². The van der Waals surface area contributed by atoms with Crippen LogP contribution in [0.3, 0.4) is 0 Å². The van der Waals surface area contributed by atoms with Gasteiger partial charge in [0, 0.05) is 27.8 Å². The molecule has 4 nitrogen and oxygen atoms in total. The Hall–Kier alpha value is -1.76. The summed E-state index contributed by atoms with van der Waals surface area (Å²) < 4.78 is 4.61. The third-order valence-electron chi connectivity index (χ3n) is 3.25. The fraction of sp³-hybridized carbons (Fsp3) is 0.222. The molecule has 0 bridgehead atoms. The zero-order chi connectivity index (χ0) is 18.1. The van der Waals surface area contributed by atoms with E-state index in [1.165, 1.54) is 7.11 Å². The smallest absolute Gasteiger partial charge is 0.305 e. The molecule has 7 heteroatoms. The number of methoxy groups -OCH3 is 1. The lowest BCUT2D eigenvalue weighted by atomic mass is 10.3. The van der Waals surface area contributed by atoms with Crippen LogP contribution in [0.5, 0.6) is 0 Å². The number of ether oxygens (including phenoxy) is 1. The fourth-order valence-electron chi connectivity index (χ4n) is 1.99. The van der Waals surface area contributed by atoms with E-state index in [4.69, 9.17) is 23.8 Å². The molecule has 2 aromatic rings. The van der Waals surface area contributed by atoms with Gasteiger partial charge in [0.05, 0.1) is 12.8 Å². The van der Waals surface area contributed by atoms with E-state index in [0.29, 0.717) is 29.5 Å². The first-order chi connectivity index (χ1) is 12.1. The number of halogens is 1. The average molecular weight is 395 g/mol. The number of hydrogen-bond donors (Lipinski definition) is 2. The Morgan fingerprint density at radius 1 is 1.20 bits per heavy atom. The zero-order valence-electron chi connectivity index (χ0n) is 13.8. The summed E-state index contributed by atoms with van der Waals surface area (Å²) in [6.07, 6.45) is 1.03. The second-order valence-electron chi connectivity index (χ2n) is 5.11. The summed E-state index contributed by atoms with van der Waals surface area (Å²) in [6.45, 7) is 0.605. The molecule has 0 saturated heterocycles. The normalized spacial score (nSPS) is 10.2. The highest BCUT2D eigenvalue weighted by Gasteiger charge is 2.06. The molecule has 2 N–H and O–H groups in total. The molecule has 0 aliphatic rings. The minimum Gasteiger partial charge on any atom is -0.469 e. The number of benzene rings is 2. The number of nitrogens with one attached hydrogen (secondary N) is 2. The van der Waals surface area contributed by atoms with Crippen molar-refractivity contribution in [2.45, 2.75) is 22.6 Å². The summed E-state index contributed by atoms with van der Waals surface area (Å²) in [5, 5.41) is 7.53. The SMILES string of the molecule is COC(=O)CCCNC(=S)Nc1ccccc1Sc1ccc(Cl)cc1. The Balaban J connectivity index is 1.90. The number of thiocarbonyl (C=S) groups is 1. The summed E-state index contributed by atoms with van der Waals surface area (Å²) >= 11 is 12.9. The first-order valence-electron chi connectivity index (χ1n) is 7.72. The highest BCUT2D eigenvalue weighted by molar-refractivity contribution is 7.99. The molecule has 0 aliphatic carbocycles. The van der Waals surface area contributed by atoms with Gasteiger partial charge in [-0.05, 0) is 55.0 Å². The molecule has 0 fully saturated rings. The molecule has 0 aromatic heterocycles. The van der Waals surface area contributed by atoms with Crippen LogP contribution in [0.1, 0.15) is 12.8 Å². The molecular weight excluding hydrogens is 376 g/mol. The van der Waals surface area contributed by atoms with Crippen molar-refractivity contribution in [1.82, 2.24) is 5.32 Å². The van der Waals surface area contributed by atoms with E-state index in [0.717, 1.165) is 15.5 Å². The Morgan fingerprint density at radius 2 is 1.92 bits per heavy atom. The van der Waals surface area contributed by atoms with Gasteiger partial charge in [-0.25, -0.2) is 0 Å². The van der Waals surface area contributed by atoms with E-state index >= 15 is 0 Å². The molecule has 2 aromatic carbocycles. The first kappa shape index (κ1) is 19.6. The average Bonchev–Trinajstić information content (AvgIpc) is 2.62. The van der Waals surface area contributed by atoms with E-state index in [1.54, 1.807) is 11.8 Å². The lowest BCUT2D eigenvalue weighted by molar-refractivity contribution is -0.140. The lowest BCUT2D eigenvalue weighted by Gasteiger charge is -2.13. The summed E-state index contributed by atoms with van der Waals surface area (Å²) in [5.41, 5.74) is 0.924. The summed E-state index contributed by atoms with van der Waals surface area (Å²) in [6, 6.07) is 15.6. The number of hydrogen-bond acceptors (Lipinski definition) is 4. The third-order valence-corrected chi connectivity index (χ3v) is 4.83. The molecule has 0 unspecified atom stereocenters. The zero-order valence-corrected chi connectivity index (χ0v) is 16.1. The van der Waals surface area contributed by atoms with Crippen LogP contribution in [0.15, 0.2) is 58.3 Å². The molecule has 0 spiro atoms. The fourth-order valence-corrected chi connectivity index (χ4v) is 3.23. The molecule has 0 atom stereocenters. The van der Waals surface area contributed by atoms with Gasteiger partial charge in [-0.3, -0.25) is 4.79 Å². The maximum atomic E-state index is 11.1. The summed E-state index contributed by atoms with van der Waals surface area (Å²) in [7, 11) is 1.39. The van der Waals surface area contributed by atoms with Gasteiger partial charge in [0.2, 0.25) is 0 Å². The largest absolute Gasteiger partial charge is 0.469 e. The van der Waals surface area contributed by atoms with Gasteiger partial charge >= 0.3 is 5.97 Å². The van der Waals surface area contributed by atoms with Gasteiger partial charge in [-0.2, -0.15) is 0 Å². The van der Waals surface area contributed by atoms with Crippen LogP contribution in [-0.2, 0) is 9.53 Å². The van der Waals surface area contributed by atoms with E-state index in [-0.39, 0.29) is 5.97 Å².